The molecule has 1 aliphatic heterocycles. The molecule has 2 aliphatic rings. The van der Waals surface area contributed by atoms with Crippen molar-refractivity contribution in [3.8, 4) is 5.75 Å². The number of halogens is 1. The molecule has 0 aromatic heterocycles. The summed E-state index contributed by atoms with van der Waals surface area (Å²) in [5.41, 5.74) is 4.24. The van der Waals surface area contributed by atoms with E-state index in [4.69, 9.17) is 16.3 Å². The summed E-state index contributed by atoms with van der Waals surface area (Å²) in [7, 11) is 0. The summed E-state index contributed by atoms with van der Waals surface area (Å²) in [6, 6.07) is 19.9. The number of carbonyl (C=O) groups is 2. The normalized spacial score (nSPS) is 15.0. The predicted octanol–water partition coefficient (Wildman–Crippen LogP) is 5.91. The summed E-state index contributed by atoms with van der Waals surface area (Å²) in [6.07, 6.45) is 1.78. The lowest BCUT2D eigenvalue weighted by molar-refractivity contribution is 0.0990. The van der Waals surface area contributed by atoms with E-state index in [1.165, 1.54) is 0 Å². The Hall–Kier alpha value is -3.43. The van der Waals surface area contributed by atoms with E-state index in [9.17, 15) is 9.59 Å². The Balaban J connectivity index is 1.77. The zero-order valence-corrected chi connectivity index (χ0v) is 16.3. The van der Waals surface area contributed by atoms with E-state index in [2.05, 4.69) is 0 Å². The van der Waals surface area contributed by atoms with Crippen molar-refractivity contribution >= 4 is 34.5 Å². The van der Waals surface area contributed by atoms with Gasteiger partial charge in [-0.25, -0.2) is 0 Å². The van der Waals surface area contributed by atoms with Gasteiger partial charge in [0.15, 0.2) is 11.6 Å². The average Bonchev–Trinajstić information content (AvgIpc) is 2.98. The summed E-state index contributed by atoms with van der Waals surface area (Å²) >= 11 is 6.01. The maximum absolute atomic E-state index is 13.1. The second kappa shape index (κ2) is 6.57. The van der Waals surface area contributed by atoms with Gasteiger partial charge in [0.25, 0.3) is 0 Å². The molecule has 3 nitrogen and oxygen atoms in total. The van der Waals surface area contributed by atoms with Gasteiger partial charge in [-0.2, -0.15) is 0 Å². The number of allylic oxidation sites excluding steroid dienone is 3. The first-order valence-electron chi connectivity index (χ1n) is 9.22. The van der Waals surface area contributed by atoms with E-state index in [1.807, 2.05) is 37.3 Å². The van der Waals surface area contributed by atoms with Crippen LogP contribution in [0.15, 0.2) is 78.4 Å². The minimum Gasteiger partial charge on any atom is -0.456 e. The van der Waals surface area contributed by atoms with Gasteiger partial charge in [-0.3, -0.25) is 9.59 Å². The molecule has 0 saturated carbocycles. The molecule has 1 heterocycles. The molecule has 0 saturated heterocycles. The predicted molar refractivity (Wildman–Crippen MR) is 113 cm³/mol. The molecule has 140 valence electrons. The molecule has 4 heteroatoms. The fraction of sp³-hybridized carbons (Fsp3) is 0.0400. The zero-order chi connectivity index (χ0) is 20.1. The smallest absolute Gasteiger partial charge is 0.198 e. The molecule has 0 radical (unpaired) electrons. The van der Waals surface area contributed by atoms with Gasteiger partial charge >= 0.3 is 0 Å². The van der Waals surface area contributed by atoms with Crippen LogP contribution in [0, 0.1) is 6.92 Å². The SMILES string of the molecule is Cc1ccc2c(c1)C(=C1C(=O)c3ccccc3C1=O)C=C(c1ccc(Cl)cc1)O2. The van der Waals surface area contributed by atoms with Crippen molar-refractivity contribution in [1.29, 1.82) is 0 Å². The molecule has 0 atom stereocenters. The van der Waals surface area contributed by atoms with Crippen LogP contribution in [0.25, 0.3) is 11.3 Å². The number of hydrogen-bond donors (Lipinski definition) is 0. The highest BCUT2D eigenvalue weighted by Crippen LogP contribution is 2.42. The molecule has 1 aliphatic carbocycles. The minimum absolute atomic E-state index is 0.188. The van der Waals surface area contributed by atoms with Crippen molar-refractivity contribution in [2.24, 2.45) is 0 Å². The number of ether oxygens (including phenoxy) is 1. The highest BCUT2D eigenvalue weighted by molar-refractivity contribution is 6.43. The third-order valence-electron chi connectivity index (χ3n) is 5.19. The molecule has 0 amide bonds. The number of carbonyl (C=O) groups excluding carboxylic acids is 2. The molecule has 0 spiro atoms. The number of hydrogen-bond acceptors (Lipinski definition) is 3. The van der Waals surface area contributed by atoms with Crippen molar-refractivity contribution in [3.63, 3.8) is 0 Å². The van der Waals surface area contributed by atoms with Crippen molar-refractivity contribution in [1.82, 2.24) is 0 Å². The van der Waals surface area contributed by atoms with Crippen LogP contribution in [0.2, 0.25) is 5.02 Å². The van der Waals surface area contributed by atoms with Gasteiger partial charge in [0.05, 0.1) is 5.57 Å². The highest BCUT2D eigenvalue weighted by atomic mass is 35.5. The van der Waals surface area contributed by atoms with Crippen LogP contribution in [0.5, 0.6) is 5.75 Å². The van der Waals surface area contributed by atoms with Gasteiger partial charge < -0.3 is 4.74 Å². The van der Waals surface area contributed by atoms with E-state index in [0.29, 0.717) is 33.2 Å². The molecule has 5 rings (SSSR count). The van der Waals surface area contributed by atoms with E-state index >= 15 is 0 Å². The highest BCUT2D eigenvalue weighted by Gasteiger charge is 2.36. The molecule has 0 unspecified atom stereocenters. The number of aryl methyl sites for hydroxylation is 1. The Morgan fingerprint density at radius 1 is 0.793 bits per heavy atom. The molecule has 0 N–H and O–H groups in total. The summed E-state index contributed by atoms with van der Waals surface area (Å²) < 4.78 is 6.11. The first-order valence-corrected chi connectivity index (χ1v) is 9.60. The maximum atomic E-state index is 13.1. The number of fused-ring (bicyclic) bond motifs is 2. The molecule has 29 heavy (non-hydrogen) atoms. The lowest BCUT2D eigenvalue weighted by Crippen LogP contribution is -2.10. The third kappa shape index (κ3) is 2.82. The van der Waals surface area contributed by atoms with Gasteiger partial charge in [0.1, 0.15) is 11.5 Å². The van der Waals surface area contributed by atoms with Crippen molar-refractivity contribution in [2.75, 3.05) is 0 Å². The standard InChI is InChI=1S/C25H15ClO3/c1-14-6-11-21-19(12-14)20(13-22(29-21)15-7-9-16(26)10-8-15)23-24(27)17-4-2-3-5-18(17)25(23)28/h2-13H,1H3. The Bertz CT molecular complexity index is 1230. The van der Waals surface area contributed by atoms with Crippen LogP contribution in [0.1, 0.15) is 37.4 Å². The number of rotatable bonds is 1. The Morgan fingerprint density at radius 3 is 2.10 bits per heavy atom. The lowest BCUT2D eigenvalue weighted by Gasteiger charge is -2.22. The van der Waals surface area contributed by atoms with Crippen LogP contribution in [0.3, 0.4) is 0 Å². The fourth-order valence-corrected chi connectivity index (χ4v) is 3.89. The second-order valence-electron chi connectivity index (χ2n) is 7.11. The molecular formula is C25H15ClO3. The monoisotopic (exact) mass is 398 g/mol. The fourth-order valence-electron chi connectivity index (χ4n) is 3.76. The van der Waals surface area contributed by atoms with E-state index in [0.717, 1.165) is 16.7 Å². The van der Waals surface area contributed by atoms with Crippen LogP contribution in [-0.4, -0.2) is 11.6 Å². The molecule has 3 aromatic carbocycles. The summed E-state index contributed by atoms with van der Waals surface area (Å²) in [6.45, 7) is 1.97. The minimum atomic E-state index is -0.248. The Labute approximate surface area is 172 Å². The van der Waals surface area contributed by atoms with Crippen molar-refractivity contribution in [2.45, 2.75) is 6.92 Å². The number of Topliss-reactive ketones (excluding diaryl/α,β-unsaturated/α-hetero) is 2. The van der Waals surface area contributed by atoms with Gasteiger partial charge in [0, 0.05) is 32.8 Å². The van der Waals surface area contributed by atoms with Crippen LogP contribution >= 0.6 is 11.6 Å². The van der Waals surface area contributed by atoms with Crippen molar-refractivity contribution in [3.05, 3.63) is 111 Å². The molecule has 0 bridgehead atoms. The average molecular weight is 399 g/mol. The van der Waals surface area contributed by atoms with Gasteiger partial charge in [-0.05, 0) is 49.4 Å². The molecule has 3 aromatic rings. The first-order chi connectivity index (χ1) is 14.0. The molecule has 0 fully saturated rings. The van der Waals surface area contributed by atoms with Crippen molar-refractivity contribution < 1.29 is 14.3 Å². The molecular weight excluding hydrogens is 384 g/mol. The van der Waals surface area contributed by atoms with Gasteiger partial charge in [-0.15, -0.1) is 0 Å². The number of benzene rings is 3. The number of ketones is 2. The van der Waals surface area contributed by atoms with E-state index in [1.54, 1.807) is 42.5 Å². The van der Waals surface area contributed by atoms with Gasteiger partial charge in [-0.1, -0.05) is 47.5 Å². The quantitative estimate of drug-likeness (QED) is 0.377. The van der Waals surface area contributed by atoms with Crippen LogP contribution < -0.4 is 4.74 Å². The second-order valence-corrected chi connectivity index (χ2v) is 7.55. The van der Waals surface area contributed by atoms with E-state index in [-0.39, 0.29) is 17.1 Å². The summed E-state index contributed by atoms with van der Waals surface area (Å²) in [5.74, 6) is 0.683. The zero-order valence-electron chi connectivity index (χ0n) is 15.5. The lowest BCUT2D eigenvalue weighted by atomic mass is 9.92. The summed E-state index contributed by atoms with van der Waals surface area (Å²) in [5, 5.41) is 0.622. The third-order valence-corrected chi connectivity index (χ3v) is 5.44. The first kappa shape index (κ1) is 17.7. The topological polar surface area (TPSA) is 43.4 Å². The largest absolute Gasteiger partial charge is 0.456 e. The Kier molecular flexibility index (Phi) is 4.00. The van der Waals surface area contributed by atoms with Crippen LogP contribution in [0.4, 0.5) is 0 Å². The van der Waals surface area contributed by atoms with E-state index < -0.39 is 0 Å². The maximum Gasteiger partial charge on any atom is 0.198 e. The summed E-state index contributed by atoms with van der Waals surface area (Å²) in [4.78, 5) is 26.2. The Morgan fingerprint density at radius 2 is 1.45 bits per heavy atom. The van der Waals surface area contributed by atoms with Crippen LogP contribution in [-0.2, 0) is 0 Å². The van der Waals surface area contributed by atoms with Gasteiger partial charge in [0.2, 0.25) is 0 Å².